The minimum absolute atomic E-state index is 0.0615. The van der Waals surface area contributed by atoms with E-state index in [1.54, 1.807) is 7.11 Å². The molecular weight excluding hydrogens is 218 g/mol. The van der Waals surface area contributed by atoms with Gasteiger partial charge in [-0.25, -0.2) is 0 Å². The van der Waals surface area contributed by atoms with Crippen molar-refractivity contribution < 1.29 is 14.3 Å². The highest BCUT2D eigenvalue weighted by Gasteiger charge is 2.37. The maximum atomic E-state index is 11.5. The van der Waals surface area contributed by atoms with Crippen LogP contribution in [0.4, 0.5) is 0 Å². The van der Waals surface area contributed by atoms with Crippen LogP contribution in [0.15, 0.2) is 0 Å². The zero-order chi connectivity index (χ0) is 12.9. The van der Waals surface area contributed by atoms with Crippen molar-refractivity contribution in [1.82, 2.24) is 5.32 Å². The van der Waals surface area contributed by atoms with Crippen LogP contribution in [0.3, 0.4) is 0 Å². The minimum Gasteiger partial charge on any atom is -0.384 e. The van der Waals surface area contributed by atoms with Crippen LogP contribution in [0.2, 0.25) is 0 Å². The van der Waals surface area contributed by atoms with Crippen LogP contribution in [-0.2, 0) is 14.3 Å². The summed E-state index contributed by atoms with van der Waals surface area (Å²) in [4.78, 5) is 11.5. The number of amides is 1. The molecule has 4 nitrogen and oxygen atoms in total. The Morgan fingerprint density at radius 3 is 2.76 bits per heavy atom. The van der Waals surface area contributed by atoms with Crippen molar-refractivity contribution >= 4 is 5.91 Å². The van der Waals surface area contributed by atoms with E-state index >= 15 is 0 Å². The van der Waals surface area contributed by atoms with Crippen LogP contribution in [0.5, 0.6) is 0 Å². The molecule has 0 radical (unpaired) electrons. The molecule has 0 aliphatic carbocycles. The van der Waals surface area contributed by atoms with Crippen molar-refractivity contribution in [3.63, 3.8) is 0 Å². The molecule has 0 bridgehead atoms. The molecule has 17 heavy (non-hydrogen) atoms. The largest absolute Gasteiger partial charge is 0.384 e. The van der Waals surface area contributed by atoms with E-state index in [9.17, 15) is 4.79 Å². The Bertz CT molecular complexity index is 248. The molecule has 0 spiro atoms. The van der Waals surface area contributed by atoms with Crippen LogP contribution in [0.1, 0.15) is 33.6 Å². The molecule has 0 aromatic carbocycles. The molecule has 2 atom stereocenters. The van der Waals surface area contributed by atoms with Gasteiger partial charge in [0.2, 0.25) is 5.91 Å². The molecule has 1 heterocycles. The normalized spacial score (nSPS) is 24.9. The third-order valence-electron chi connectivity index (χ3n) is 3.16. The smallest absolute Gasteiger partial charge is 0.222 e. The second-order valence-corrected chi connectivity index (χ2v) is 5.75. The number of methoxy groups -OCH3 is 1. The van der Waals surface area contributed by atoms with Crippen LogP contribution in [-0.4, -0.2) is 38.9 Å². The molecule has 0 unspecified atom stereocenters. The van der Waals surface area contributed by atoms with Crippen LogP contribution in [0, 0.1) is 11.3 Å². The molecule has 100 valence electrons. The van der Waals surface area contributed by atoms with Gasteiger partial charge in [0, 0.05) is 32.6 Å². The standard InChI is InChI=1S/C13H25NO3/c1-13(2,3)12-10(5-8-17-12)9-14-11(15)6-7-16-4/h10,12H,5-9H2,1-4H3,(H,14,15)/t10-,12+/m1/s1. The van der Waals surface area contributed by atoms with E-state index in [0.29, 0.717) is 25.5 Å². The fourth-order valence-corrected chi connectivity index (χ4v) is 2.33. The average molecular weight is 243 g/mol. The van der Waals surface area contributed by atoms with Gasteiger partial charge in [0.05, 0.1) is 12.7 Å². The minimum atomic E-state index is 0.0615. The SMILES string of the molecule is COCCC(=O)NC[C@H]1CCO[C@@H]1C(C)(C)C. The Labute approximate surface area is 104 Å². The predicted octanol–water partition coefficient (Wildman–Crippen LogP) is 1.59. The first kappa shape index (κ1) is 14.5. The maximum Gasteiger partial charge on any atom is 0.222 e. The lowest BCUT2D eigenvalue weighted by atomic mass is 9.81. The van der Waals surface area contributed by atoms with E-state index in [4.69, 9.17) is 9.47 Å². The molecule has 0 saturated carbocycles. The first-order valence-electron chi connectivity index (χ1n) is 6.32. The second kappa shape index (κ2) is 6.36. The highest BCUT2D eigenvalue weighted by molar-refractivity contribution is 5.75. The van der Waals surface area contributed by atoms with Gasteiger partial charge in [0.25, 0.3) is 0 Å². The fourth-order valence-electron chi connectivity index (χ4n) is 2.33. The van der Waals surface area contributed by atoms with E-state index in [1.807, 2.05) is 0 Å². The summed E-state index contributed by atoms with van der Waals surface area (Å²) in [6.45, 7) is 8.55. The predicted molar refractivity (Wildman–Crippen MR) is 66.8 cm³/mol. The molecular formula is C13H25NO3. The summed E-state index contributed by atoms with van der Waals surface area (Å²) in [5, 5.41) is 2.96. The number of nitrogens with one attached hydrogen (secondary N) is 1. The Balaban J connectivity index is 2.33. The first-order valence-corrected chi connectivity index (χ1v) is 6.32. The molecule has 1 aliphatic heterocycles. The number of ether oxygens (including phenoxy) is 2. The monoisotopic (exact) mass is 243 g/mol. The summed E-state index contributed by atoms with van der Waals surface area (Å²) in [7, 11) is 1.60. The van der Waals surface area contributed by atoms with E-state index in [2.05, 4.69) is 26.1 Å². The number of carbonyl (C=O) groups is 1. The highest BCUT2D eigenvalue weighted by atomic mass is 16.5. The van der Waals surface area contributed by atoms with Gasteiger partial charge >= 0.3 is 0 Å². The second-order valence-electron chi connectivity index (χ2n) is 5.75. The van der Waals surface area contributed by atoms with Gasteiger partial charge in [0.1, 0.15) is 0 Å². The van der Waals surface area contributed by atoms with Crippen LogP contribution < -0.4 is 5.32 Å². The first-order chi connectivity index (χ1) is 7.95. The van der Waals surface area contributed by atoms with Gasteiger partial charge < -0.3 is 14.8 Å². The number of hydrogen-bond donors (Lipinski definition) is 1. The van der Waals surface area contributed by atoms with E-state index in [1.165, 1.54) is 0 Å². The van der Waals surface area contributed by atoms with E-state index in [0.717, 1.165) is 13.0 Å². The summed E-state index contributed by atoms with van der Waals surface area (Å²) in [5.41, 5.74) is 0.137. The molecule has 1 saturated heterocycles. The molecule has 1 N–H and O–H groups in total. The van der Waals surface area contributed by atoms with Crippen molar-refractivity contribution in [3.8, 4) is 0 Å². The summed E-state index contributed by atoms with van der Waals surface area (Å²) in [6.07, 6.45) is 1.71. The summed E-state index contributed by atoms with van der Waals surface area (Å²) in [5.74, 6) is 0.493. The zero-order valence-electron chi connectivity index (χ0n) is 11.4. The fraction of sp³-hybridized carbons (Fsp3) is 0.923. The highest BCUT2D eigenvalue weighted by Crippen LogP contribution is 2.34. The molecule has 0 aromatic rings. The Morgan fingerprint density at radius 2 is 2.18 bits per heavy atom. The van der Waals surface area contributed by atoms with E-state index < -0.39 is 0 Å². The van der Waals surface area contributed by atoms with Gasteiger partial charge in [-0.15, -0.1) is 0 Å². The van der Waals surface area contributed by atoms with Crippen LogP contribution >= 0.6 is 0 Å². The lowest BCUT2D eigenvalue weighted by Gasteiger charge is -2.31. The Hall–Kier alpha value is -0.610. The summed E-state index contributed by atoms with van der Waals surface area (Å²) < 4.78 is 10.6. The lowest BCUT2D eigenvalue weighted by Crippen LogP contribution is -2.38. The molecule has 4 heteroatoms. The third-order valence-corrected chi connectivity index (χ3v) is 3.16. The molecule has 0 aromatic heterocycles. The number of rotatable bonds is 5. The molecule has 1 amide bonds. The molecule has 1 rings (SSSR count). The average Bonchev–Trinajstić information content (AvgIpc) is 2.71. The van der Waals surface area contributed by atoms with Crippen molar-refractivity contribution in [2.24, 2.45) is 11.3 Å². The van der Waals surface area contributed by atoms with Crippen molar-refractivity contribution in [3.05, 3.63) is 0 Å². The maximum absolute atomic E-state index is 11.5. The van der Waals surface area contributed by atoms with E-state index in [-0.39, 0.29) is 17.4 Å². The lowest BCUT2D eigenvalue weighted by molar-refractivity contribution is -0.122. The topological polar surface area (TPSA) is 47.6 Å². The van der Waals surface area contributed by atoms with Crippen molar-refractivity contribution in [1.29, 1.82) is 0 Å². The van der Waals surface area contributed by atoms with Crippen LogP contribution in [0.25, 0.3) is 0 Å². The van der Waals surface area contributed by atoms with Gasteiger partial charge in [0.15, 0.2) is 0 Å². The number of carbonyl (C=O) groups excluding carboxylic acids is 1. The van der Waals surface area contributed by atoms with Gasteiger partial charge in [-0.05, 0) is 11.8 Å². The van der Waals surface area contributed by atoms with Crippen molar-refractivity contribution in [2.45, 2.75) is 39.7 Å². The van der Waals surface area contributed by atoms with Gasteiger partial charge in [-0.1, -0.05) is 20.8 Å². The molecule has 1 fully saturated rings. The third kappa shape index (κ3) is 4.64. The summed E-state index contributed by atoms with van der Waals surface area (Å²) >= 11 is 0. The van der Waals surface area contributed by atoms with Gasteiger partial charge in [-0.3, -0.25) is 4.79 Å². The Kier molecular flexibility index (Phi) is 5.40. The van der Waals surface area contributed by atoms with Crippen molar-refractivity contribution in [2.75, 3.05) is 26.9 Å². The Morgan fingerprint density at radius 1 is 1.47 bits per heavy atom. The zero-order valence-corrected chi connectivity index (χ0v) is 11.4. The molecule has 1 aliphatic rings. The number of hydrogen-bond acceptors (Lipinski definition) is 3. The quantitative estimate of drug-likeness (QED) is 0.797. The van der Waals surface area contributed by atoms with Gasteiger partial charge in [-0.2, -0.15) is 0 Å². The summed E-state index contributed by atoms with van der Waals surface area (Å²) in [6, 6.07) is 0.